The second kappa shape index (κ2) is 24.5. The van der Waals surface area contributed by atoms with Gasteiger partial charge in [-0.15, -0.1) is 0 Å². The Hall–Kier alpha value is -6.12. The number of rotatable bonds is 20. The van der Waals surface area contributed by atoms with Crippen molar-refractivity contribution in [3.05, 3.63) is 119 Å². The van der Waals surface area contributed by atoms with Crippen LogP contribution in [0.5, 0.6) is 0 Å². The van der Waals surface area contributed by atoms with Crippen LogP contribution < -0.4 is 21.3 Å². The Balaban J connectivity index is 1.27. The van der Waals surface area contributed by atoms with E-state index >= 15 is 0 Å². The van der Waals surface area contributed by atoms with Crippen molar-refractivity contribution < 1.29 is 28.8 Å². The summed E-state index contributed by atoms with van der Waals surface area (Å²) in [6.45, 7) is 17.8. The van der Waals surface area contributed by atoms with Crippen LogP contribution in [0.1, 0.15) is 113 Å². The van der Waals surface area contributed by atoms with Gasteiger partial charge in [0.25, 0.3) is 11.8 Å². The first-order valence-electron chi connectivity index (χ1n) is 26.0. The lowest BCUT2D eigenvalue weighted by atomic mass is 9.85. The highest BCUT2D eigenvalue weighted by molar-refractivity contribution is 6.02. The van der Waals surface area contributed by atoms with Crippen molar-refractivity contribution in [2.75, 3.05) is 53.4 Å². The van der Waals surface area contributed by atoms with Crippen molar-refractivity contribution in [1.82, 2.24) is 40.9 Å². The fraction of sp³-hybridized carbons (Fsp3) is 0.517. The molecule has 2 aliphatic heterocycles. The Kier molecular flexibility index (Phi) is 18.8. The van der Waals surface area contributed by atoms with Gasteiger partial charge in [-0.1, -0.05) is 114 Å². The number of benzene rings is 4. The Labute approximate surface area is 428 Å². The molecule has 2 heterocycles. The number of carbonyl (C=O) groups is 6. The second-order valence-corrected chi connectivity index (χ2v) is 22.0. The summed E-state index contributed by atoms with van der Waals surface area (Å²) < 4.78 is 0. The molecule has 72 heavy (non-hydrogen) atoms. The minimum Gasteiger partial charge on any atom is -0.342 e. The van der Waals surface area contributed by atoms with Gasteiger partial charge in [-0.05, 0) is 123 Å². The SMILES string of the molecule is CN[C@@H](C)C(=O)N[C@H](C(=O)N1CCC[C@H]1CN(CCc1ccccc1)C(=O)c1ccc2ccc(C(=O)N(CCc3ccccc3)C[C@@H]3CCCN3C(=O)[C@@H](NC(=O)[C@H](C)NC)C(C)(C)C)cc2c1)C(C)(C)C. The minimum atomic E-state index is -0.756. The lowest BCUT2D eigenvalue weighted by Crippen LogP contribution is -2.59. The number of fused-ring (bicyclic) bond motifs is 1. The normalized spacial score (nSPS) is 17.8. The van der Waals surface area contributed by atoms with Crippen molar-refractivity contribution in [3.63, 3.8) is 0 Å². The summed E-state index contributed by atoms with van der Waals surface area (Å²) in [4.78, 5) is 92.3. The van der Waals surface area contributed by atoms with Crippen molar-refractivity contribution in [3.8, 4) is 0 Å². The molecule has 0 saturated carbocycles. The van der Waals surface area contributed by atoms with Crippen LogP contribution in [0.25, 0.3) is 10.8 Å². The number of nitrogens with zero attached hydrogens (tertiary/aromatic N) is 4. The molecule has 6 atom stereocenters. The molecular weight excluding hydrogens is 905 g/mol. The highest BCUT2D eigenvalue weighted by Gasteiger charge is 2.42. The van der Waals surface area contributed by atoms with Gasteiger partial charge in [0.1, 0.15) is 12.1 Å². The van der Waals surface area contributed by atoms with Gasteiger partial charge < -0.3 is 40.9 Å². The molecular formula is C58H80N8O6. The lowest BCUT2D eigenvalue weighted by molar-refractivity contribution is -0.141. The smallest absolute Gasteiger partial charge is 0.253 e. The molecule has 388 valence electrons. The molecule has 0 unspecified atom stereocenters. The summed E-state index contributed by atoms with van der Waals surface area (Å²) in [7, 11) is 3.42. The average molecular weight is 985 g/mol. The van der Waals surface area contributed by atoms with E-state index < -0.39 is 35.0 Å². The highest BCUT2D eigenvalue weighted by Crippen LogP contribution is 2.30. The van der Waals surface area contributed by atoms with E-state index in [0.29, 0.717) is 63.2 Å². The van der Waals surface area contributed by atoms with Gasteiger partial charge in [-0.2, -0.15) is 0 Å². The Bertz CT molecular complexity index is 2340. The van der Waals surface area contributed by atoms with Gasteiger partial charge in [-0.3, -0.25) is 28.8 Å². The van der Waals surface area contributed by atoms with Crippen molar-refractivity contribution in [2.45, 2.75) is 130 Å². The molecule has 2 aliphatic rings. The number of likely N-dealkylation sites (N-methyl/N-ethyl adjacent to an activating group) is 2. The molecule has 6 amide bonds. The van der Waals surface area contributed by atoms with E-state index in [1.54, 1.807) is 27.9 Å². The van der Waals surface area contributed by atoms with Gasteiger partial charge in [0.05, 0.1) is 12.1 Å². The average Bonchev–Trinajstić information content (AvgIpc) is 4.05. The summed E-state index contributed by atoms with van der Waals surface area (Å²) in [6.07, 6.45) is 4.24. The van der Waals surface area contributed by atoms with Crippen LogP contribution in [0.4, 0.5) is 0 Å². The van der Waals surface area contributed by atoms with Crippen LogP contribution in [0, 0.1) is 10.8 Å². The summed E-state index contributed by atoms with van der Waals surface area (Å²) in [5.41, 5.74) is 2.01. The molecule has 14 nitrogen and oxygen atoms in total. The van der Waals surface area contributed by atoms with E-state index in [1.165, 1.54) is 0 Å². The van der Waals surface area contributed by atoms with E-state index in [4.69, 9.17) is 0 Å². The number of amides is 6. The van der Waals surface area contributed by atoms with Crippen molar-refractivity contribution >= 4 is 46.2 Å². The van der Waals surface area contributed by atoms with Gasteiger partial charge in [0.15, 0.2) is 0 Å². The molecule has 6 rings (SSSR count). The van der Waals surface area contributed by atoms with Crippen LogP contribution in [0.15, 0.2) is 97.1 Å². The van der Waals surface area contributed by atoms with Crippen LogP contribution in [0.2, 0.25) is 0 Å². The number of hydrogen-bond donors (Lipinski definition) is 4. The maximum absolute atomic E-state index is 14.9. The number of carbonyl (C=O) groups excluding carboxylic acids is 6. The first-order valence-corrected chi connectivity index (χ1v) is 26.0. The van der Waals surface area contributed by atoms with Gasteiger partial charge in [0, 0.05) is 62.5 Å². The van der Waals surface area contributed by atoms with Gasteiger partial charge >= 0.3 is 0 Å². The fourth-order valence-electron chi connectivity index (χ4n) is 9.81. The lowest BCUT2D eigenvalue weighted by Gasteiger charge is -2.37. The minimum absolute atomic E-state index is 0.150. The van der Waals surface area contributed by atoms with Crippen molar-refractivity contribution in [2.24, 2.45) is 10.8 Å². The molecule has 14 heteroatoms. The molecule has 4 aromatic carbocycles. The quantitative estimate of drug-likeness (QED) is 0.0784. The Morgan fingerprint density at radius 2 is 0.931 bits per heavy atom. The zero-order valence-electron chi connectivity index (χ0n) is 44.4. The van der Waals surface area contributed by atoms with E-state index in [2.05, 4.69) is 21.3 Å². The van der Waals surface area contributed by atoms with Crippen LogP contribution >= 0.6 is 0 Å². The fourth-order valence-corrected chi connectivity index (χ4v) is 9.81. The molecule has 2 saturated heterocycles. The Morgan fingerprint density at radius 1 is 0.556 bits per heavy atom. The predicted molar refractivity (Wildman–Crippen MR) is 285 cm³/mol. The maximum atomic E-state index is 14.9. The van der Waals surface area contributed by atoms with Gasteiger partial charge in [0.2, 0.25) is 23.6 Å². The largest absolute Gasteiger partial charge is 0.342 e. The monoisotopic (exact) mass is 985 g/mol. The first-order chi connectivity index (χ1) is 34.2. The molecule has 2 fully saturated rings. The third-order valence-electron chi connectivity index (χ3n) is 14.6. The molecule has 4 N–H and O–H groups in total. The summed E-state index contributed by atoms with van der Waals surface area (Å²) >= 11 is 0. The summed E-state index contributed by atoms with van der Waals surface area (Å²) in [6, 6.07) is 28.3. The van der Waals surface area contributed by atoms with Crippen molar-refractivity contribution in [1.29, 1.82) is 0 Å². The third-order valence-corrected chi connectivity index (χ3v) is 14.6. The number of likely N-dealkylation sites (tertiary alicyclic amines) is 2. The maximum Gasteiger partial charge on any atom is 0.253 e. The zero-order chi connectivity index (χ0) is 52.3. The Morgan fingerprint density at radius 3 is 1.28 bits per heavy atom. The molecule has 0 bridgehead atoms. The summed E-state index contributed by atoms with van der Waals surface area (Å²) in [5, 5.41) is 13.6. The molecule has 0 aliphatic carbocycles. The zero-order valence-corrected chi connectivity index (χ0v) is 44.4. The number of hydrogen-bond acceptors (Lipinski definition) is 8. The van der Waals surface area contributed by atoms with Gasteiger partial charge in [-0.25, -0.2) is 0 Å². The first kappa shape index (κ1) is 55.2. The van der Waals surface area contributed by atoms with E-state index in [9.17, 15) is 28.8 Å². The number of nitrogens with one attached hydrogen (secondary N) is 4. The van der Waals surface area contributed by atoms with E-state index in [1.807, 2.05) is 158 Å². The highest BCUT2D eigenvalue weighted by atomic mass is 16.2. The van der Waals surface area contributed by atoms with E-state index in [0.717, 1.165) is 47.6 Å². The predicted octanol–water partition coefficient (Wildman–Crippen LogP) is 6.47. The molecule has 0 aromatic heterocycles. The van der Waals surface area contributed by atoms with Crippen LogP contribution in [-0.4, -0.2) is 145 Å². The molecule has 0 radical (unpaired) electrons. The topological polar surface area (TPSA) is 163 Å². The molecule has 0 spiro atoms. The van der Waals surface area contributed by atoms with Crippen LogP contribution in [0.3, 0.4) is 0 Å². The van der Waals surface area contributed by atoms with Crippen LogP contribution in [-0.2, 0) is 32.0 Å². The van der Waals surface area contributed by atoms with E-state index in [-0.39, 0.29) is 47.5 Å². The summed E-state index contributed by atoms with van der Waals surface area (Å²) in [5.74, 6) is -1.14. The second-order valence-electron chi connectivity index (χ2n) is 22.0. The molecule has 4 aromatic rings. The third kappa shape index (κ3) is 14.1. The standard InChI is InChI=1S/C58H80N8O6/c1-39(59-9)51(67)61-49(57(3,4)5)55(71)65-31-17-23-47(65)37-63(33-29-41-19-13-11-14-20-41)53(69)44-27-25-43-26-28-45(36-46(43)35-44)54(70)64(34-30-42-21-15-12-16-22-42)38-48-24-18-32-66(48)56(72)50(58(6,7)8)62-52(68)40(2)60-10/h11-16,19-22,25-28,35-36,39-40,47-50,59-60H,17-18,23-24,29-34,37-38H2,1-10H3,(H,61,67)(H,62,68)/t39-,40-,47-,48-,49+,50+/m0/s1.